The van der Waals surface area contributed by atoms with Gasteiger partial charge in [0.25, 0.3) is 0 Å². The van der Waals surface area contributed by atoms with Gasteiger partial charge in [0.15, 0.2) is 18.9 Å². The first kappa shape index (κ1) is 37.0. The maximum Gasteiger partial charge on any atom is 0.187 e. The van der Waals surface area contributed by atoms with Gasteiger partial charge in [0, 0.05) is 0 Å². The molecule has 4 heterocycles. The Bertz CT molecular complexity index is 912. The van der Waals surface area contributed by atoms with Crippen LogP contribution in [0.1, 0.15) is 6.92 Å². The second-order valence-electron chi connectivity index (χ2n) is 11.5. The van der Waals surface area contributed by atoms with Crippen molar-refractivity contribution in [2.45, 2.75) is 130 Å². The second-order valence-corrected chi connectivity index (χ2v) is 11.5. The number of aliphatic hydroxyl groups is 13. The zero-order valence-electron chi connectivity index (χ0n) is 24.0. The Kier molecular flexibility index (Phi) is 12.8. The van der Waals surface area contributed by atoms with Crippen molar-refractivity contribution in [2.24, 2.45) is 0 Å². The molecule has 0 bridgehead atoms. The molecular weight excluding hydrogens is 620 g/mol. The Labute approximate surface area is 256 Å². The molecule has 4 aliphatic rings. The van der Waals surface area contributed by atoms with Crippen molar-refractivity contribution in [3.05, 3.63) is 0 Å². The quantitative estimate of drug-likeness (QED) is 0.103. The highest BCUT2D eigenvalue weighted by Gasteiger charge is 2.53. The van der Waals surface area contributed by atoms with E-state index < -0.39 is 149 Å². The molecule has 1 unspecified atom stereocenters. The van der Waals surface area contributed by atoms with Crippen LogP contribution in [0, 0.1) is 0 Å². The van der Waals surface area contributed by atoms with Gasteiger partial charge in [-0.05, 0) is 6.92 Å². The highest BCUT2D eigenvalue weighted by molar-refractivity contribution is 4.97. The third-order valence-electron chi connectivity index (χ3n) is 8.45. The summed E-state index contributed by atoms with van der Waals surface area (Å²) in [5.41, 5.74) is 0. The van der Waals surface area contributed by atoms with Crippen molar-refractivity contribution < 1.29 is 99.5 Å². The minimum atomic E-state index is -1.95. The van der Waals surface area contributed by atoms with Crippen LogP contribution >= 0.6 is 0 Å². The van der Waals surface area contributed by atoms with E-state index in [0.717, 1.165) is 0 Å². The molecule has 20 nitrogen and oxygen atoms in total. The minimum absolute atomic E-state index is 0.647. The largest absolute Gasteiger partial charge is 0.394 e. The molecule has 0 amide bonds. The van der Waals surface area contributed by atoms with Gasteiger partial charge in [-0.25, -0.2) is 0 Å². The number of ether oxygens (including phenoxy) is 7. The van der Waals surface area contributed by atoms with Gasteiger partial charge in [-0.1, -0.05) is 0 Å². The first-order valence-electron chi connectivity index (χ1n) is 14.4. The van der Waals surface area contributed by atoms with Gasteiger partial charge in [0.2, 0.25) is 0 Å². The van der Waals surface area contributed by atoms with Crippen LogP contribution in [0.5, 0.6) is 0 Å². The van der Waals surface area contributed by atoms with E-state index in [1.54, 1.807) is 0 Å². The van der Waals surface area contributed by atoms with Crippen LogP contribution in [-0.2, 0) is 33.2 Å². The number of hydrogen-bond donors (Lipinski definition) is 13. The third-order valence-corrected chi connectivity index (χ3v) is 8.45. The van der Waals surface area contributed by atoms with Crippen molar-refractivity contribution in [2.75, 3.05) is 26.4 Å². The summed E-state index contributed by atoms with van der Waals surface area (Å²) >= 11 is 0. The summed E-state index contributed by atoms with van der Waals surface area (Å²) in [6.07, 6.45) is -32.4. The molecule has 4 aliphatic heterocycles. The Hall–Kier alpha value is -0.800. The lowest BCUT2D eigenvalue weighted by atomic mass is 9.94. The van der Waals surface area contributed by atoms with Crippen LogP contribution in [0.3, 0.4) is 0 Å². The molecule has 20 atom stereocenters. The molecule has 4 rings (SSSR count). The average Bonchev–Trinajstić information content (AvgIpc) is 3.03. The van der Waals surface area contributed by atoms with Gasteiger partial charge >= 0.3 is 0 Å². The molecule has 20 heteroatoms. The normalized spacial score (nSPS) is 52.9. The summed E-state index contributed by atoms with van der Waals surface area (Å²) in [6, 6.07) is 0. The van der Waals surface area contributed by atoms with E-state index in [-0.39, 0.29) is 0 Å². The third kappa shape index (κ3) is 7.60. The molecule has 13 N–H and O–H groups in total. The lowest BCUT2D eigenvalue weighted by Gasteiger charge is -2.48. The lowest BCUT2D eigenvalue weighted by Crippen LogP contribution is -2.66. The molecule has 0 saturated carbocycles. The summed E-state index contributed by atoms with van der Waals surface area (Å²) in [5.74, 6) is 0. The van der Waals surface area contributed by atoms with E-state index >= 15 is 0 Å². The van der Waals surface area contributed by atoms with Crippen LogP contribution in [0.2, 0.25) is 0 Å². The summed E-state index contributed by atoms with van der Waals surface area (Å²) in [6.45, 7) is -1.45. The second kappa shape index (κ2) is 15.6. The molecule has 0 aliphatic carbocycles. The van der Waals surface area contributed by atoms with Crippen LogP contribution in [-0.4, -0.2) is 215 Å². The van der Waals surface area contributed by atoms with Gasteiger partial charge in [-0.3, -0.25) is 0 Å². The van der Waals surface area contributed by atoms with Crippen molar-refractivity contribution in [1.29, 1.82) is 0 Å². The smallest absolute Gasteiger partial charge is 0.187 e. The van der Waals surface area contributed by atoms with E-state index in [4.69, 9.17) is 33.2 Å². The highest BCUT2D eigenvalue weighted by atomic mass is 16.8. The van der Waals surface area contributed by atoms with Crippen molar-refractivity contribution >= 4 is 0 Å². The van der Waals surface area contributed by atoms with Crippen LogP contribution < -0.4 is 0 Å². The van der Waals surface area contributed by atoms with Crippen LogP contribution in [0.25, 0.3) is 0 Å². The molecule has 4 fully saturated rings. The van der Waals surface area contributed by atoms with E-state index in [9.17, 15) is 66.4 Å². The summed E-state index contributed by atoms with van der Waals surface area (Å²) < 4.78 is 38.3. The molecule has 0 spiro atoms. The Morgan fingerprint density at radius 3 is 1.36 bits per heavy atom. The van der Waals surface area contributed by atoms with Gasteiger partial charge in [0.1, 0.15) is 97.7 Å². The predicted molar refractivity (Wildman–Crippen MR) is 137 cm³/mol. The average molecular weight is 665 g/mol. The number of rotatable bonds is 10. The monoisotopic (exact) mass is 664 g/mol. The fourth-order valence-electron chi connectivity index (χ4n) is 5.64. The molecule has 0 aromatic rings. The summed E-state index contributed by atoms with van der Waals surface area (Å²) in [4.78, 5) is 0. The maximum atomic E-state index is 10.9. The number of aliphatic hydroxyl groups excluding tert-OH is 13. The van der Waals surface area contributed by atoms with Crippen molar-refractivity contribution in [1.82, 2.24) is 0 Å². The van der Waals surface area contributed by atoms with Crippen LogP contribution in [0.15, 0.2) is 0 Å². The molecule has 4 saturated heterocycles. The van der Waals surface area contributed by atoms with Crippen LogP contribution in [0.4, 0.5) is 0 Å². The van der Waals surface area contributed by atoms with Gasteiger partial charge in [0.05, 0.1) is 32.5 Å². The maximum absolute atomic E-state index is 10.9. The van der Waals surface area contributed by atoms with E-state index in [2.05, 4.69) is 0 Å². The fraction of sp³-hybridized carbons (Fsp3) is 1.00. The zero-order valence-corrected chi connectivity index (χ0v) is 24.0. The molecule has 0 aromatic carbocycles. The summed E-state index contributed by atoms with van der Waals surface area (Å²) in [7, 11) is 0. The molecule has 45 heavy (non-hydrogen) atoms. The molecule has 0 aromatic heterocycles. The van der Waals surface area contributed by atoms with Gasteiger partial charge in [-0.2, -0.15) is 0 Å². The topological polar surface area (TPSA) is 328 Å². The van der Waals surface area contributed by atoms with E-state index in [1.807, 2.05) is 0 Å². The summed E-state index contributed by atoms with van der Waals surface area (Å²) in [5, 5.41) is 133. The van der Waals surface area contributed by atoms with E-state index in [0.29, 0.717) is 0 Å². The minimum Gasteiger partial charge on any atom is -0.394 e. The first-order valence-corrected chi connectivity index (χ1v) is 14.4. The Balaban J connectivity index is 1.41. The highest BCUT2D eigenvalue weighted by Crippen LogP contribution is 2.33. The molecule has 0 radical (unpaired) electrons. The van der Waals surface area contributed by atoms with Crippen molar-refractivity contribution in [3.63, 3.8) is 0 Å². The van der Waals surface area contributed by atoms with Gasteiger partial charge < -0.3 is 99.5 Å². The SMILES string of the molecule is CC1O[C@H](CO)[C@@H](O[C@H]2O[C@H](CO)[C@@H](O[C@H]3O[C@H](CO[C@H]4O[C@H](CO)[C@@H](O)[C@H](O)[C@H]4O)[C@@H](O)[C@H](O)[C@H]3O)[C@H](O)[C@H]2O)[C@H](O)[C@H]1O. The predicted octanol–water partition coefficient (Wildman–Crippen LogP) is -8.68. The Morgan fingerprint density at radius 1 is 0.422 bits per heavy atom. The Morgan fingerprint density at radius 2 is 0.822 bits per heavy atom. The standard InChI is InChI=1S/C25H44O20/c1-6-11(29)16(34)21(8(3-27)40-6)44-25-20(38)17(35)22(9(4-28)42-25)45-24-19(37)15(33)13(31)10(43-24)5-39-23-18(36)14(32)12(30)7(2-26)41-23/h6-38H,2-5H2,1H3/t6?,7-,8-,9-,10-,11+,12-,13-,14+,15+,16-,17-,18-,19-,20-,21-,22-,23+,24-,25-/m1/s1. The molecule has 264 valence electrons. The first-order chi connectivity index (χ1) is 21.2. The molecular formula is C25H44O20. The van der Waals surface area contributed by atoms with E-state index in [1.165, 1.54) is 6.92 Å². The van der Waals surface area contributed by atoms with Gasteiger partial charge in [-0.15, -0.1) is 0 Å². The zero-order chi connectivity index (χ0) is 33.3. The van der Waals surface area contributed by atoms with Crippen molar-refractivity contribution in [3.8, 4) is 0 Å². The lowest BCUT2D eigenvalue weighted by molar-refractivity contribution is -0.375. The number of hydrogen-bond acceptors (Lipinski definition) is 20. The fourth-order valence-corrected chi connectivity index (χ4v) is 5.64.